The minimum absolute atomic E-state index is 0.472. The van der Waals surface area contributed by atoms with Crippen LogP contribution >= 0.6 is 0 Å². The van der Waals surface area contributed by atoms with Crippen LogP contribution in [-0.2, 0) is 6.54 Å². The first kappa shape index (κ1) is 10.8. The molecule has 3 rings (SSSR count). The van der Waals surface area contributed by atoms with Crippen molar-refractivity contribution in [3.05, 3.63) is 60.2 Å². The number of H-pyrrole nitrogens is 1. The third-order valence-corrected chi connectivity index (χ3v) is 2.86. The van der Waals surface area contributed by atoms with Crippen LogP contribution in [0.2, 0.25) is 0 Å². The molecule has 0 fully saturated rings. The molecular weight excluding hydrogens is 229 g/mol. The number of aromatic amines is 1. The number of nitrogens with zero attached hydrogens (tertiary/aromatic N) is 1. The fourth-order valence-corrected chi connectivity index (χ4v) is 2.00. The molecular formula is C14H12FN3. The van der Waals surface area contributed by atoms with Crippen LogP contribution in [0.1, 0.15) is 5.56 Å². The SMILES string of the molecule is Fc1cccc(NCc2cccc3[nH]ccc23)n1. The van der Waals surface area contributed by atoms with Crippen molar-refractivity contribution >= 4 is 16.7 Å². The number of hydrogen-bond donors (Lipinski definition) is 2. The average molecular weight is 241 g/mol. The van der Waals surface area contributed by atoms with Gasteiger partial charge in [0, 0.05) is 23.6 Å². The van der Waals surface area contributed by atoms with Gasteiger partial charge in [0.05, 0.1) is 0 Å². The minimum Gasteiger partial charge on any atom is -0.366 e. The van der Waals surface area contributed by atoms with Crippen LogP contribution in [0.5, 0.6) is 0 Å². The van der Waals surface area contributed by atoms with E-state index in [2.05, 4.69) is 15.3 Å². The van der Waals surface area contributed by atoms with E-state index in [1.165, 1.54) is 11.5 Å². The highest BCUT2D eigenvalue weighted by atomic mass is 19.1. The molecule has 0 bridgehead atoms. The number of halogens is 1. The first-order chi connectivity index (χ1) is 8.83. The van der Waals surface area contributed by atoms with Gasteiger partial charge in [0.25, 0.3) is 0 Å². The predicted octanol–water partition coefficient (Wildman–Crippen LogP) is 3.31. The Kier molecular flexibility index (Phi) is 2.68. The normalized spacial score (nSPS) is 10.7. The third-order valence-electron chi connectivity index (χ3n) is 2.86. The van der Waals surface area contributed by atoms with Crippen molar-refractivity contribution in [1.82, 2.24) is 9.97 Å². The molecule has 4 heteroatoms. The molecule has 3 nitrogen and oxygen atoms in total. The molecule has 0 aliphatic heterocycles. The molecule has 3 aromatic rings. The predicted molar refractivity (Wildman–Crippen MR) is 69.8 cm³/mol. The molecule has 0 atom stereocenters. The molecule has 0 unspecified atom stereocenters. The number of aromatic nitrogens is 2. The quantitative estimate of drug-likeness (QED) is 0.691. The minimum atomic E-state index is -0.472. The van der Waals surface area contributed by atoms with Crippen molar-refractivity contribution in [2.75, 3.05) is 5.32 Å². The molecule has 0 amide bonds. The molecule has 2 heterocycles. The summed E-state index contributed by atoms with van der Waals surface area (Å²) < 4.78 is 12.9. The Morgan fingerprint density at radius 1 is 1.11 bits per heavy atom. The Labute approximate surface area is 104 Å². The summed E-state index contributed by atoms with van der Waals surface area (Å²) in [5.74, 6) is 0.0717. The zero-order valence-corrected chi connectivity index (χ0v) is 9.65. The van der Waals surface area contributed by atoms with Crippen LogP contribution in [0.3, 0.4) is 0 Å². The third kappa shape index (κ3) is 2.05. The Balaban J connectivity index is 1.83. The maximum absolute atomic E-state index is 12.9. The Morgan fingerprint density at radius 2 is 2.00 bits per heavy atom. The van der Waals surface area contributed by atoms with Crippen LogP contribution in [-0.4, -0.2) is 9.97 Å². The molecule has 1 aromatic carbocycles. The van der Waals surface area contributed by atoms with E-state index in [4.69, 9.17) is 0 Å². The lowest BCUT2D eigenvalue weighted by Gasteiger charge is -2.06. The Hall–Kier alpha value is -2.36. The highest BCUT2D eigenvalue weighted by Crippen LogP contribution is 2.18. The zero-order valence-electron chi connectivity index (χ0n) is 9.65. The number of benzene rings is 1. The van der Waals surface area contributed by atoms with Gasteiger partial charge in [-0.2, -0.15) is 4.39 Å². The molecule has 2 aromatic heterocycles. The van der Waals surface area contributed by atoms with Gasteiger partial charge >= 0.3 is 0 Å². The Bertz CT molecular complexity index is 675. The van der Waals surface area contributed by atoms with Gasteiger partial charge < -0.3 is 10.3 Å². The fourth-order valence-electron chi connectivity index (χ4n) is 2.00. The Morgan fingerprint density at radius 3 is 2.89 bits per heavy atom. The second-order valence-electron chi connectivity index (χ2n) is 4.06. The lowest BCUT2D eigenvalue weighted by molar-refractivity contribution is 0.585. The van der Waals surface area contributed by atoms with E-state index in [-0.39, 0.29) is 0 Å². The summed E-state index contributed by atoms with van der Waals surface area (Å²) in [4.78, 5) is 6.93. The molecule has 0 saturated heterocycles. The highest BCUT2D eigenvalue weighted by molar-refractivity contribution is 5.83. The van der Waals surface area contributed by atoms with E-state index in [0.29, 0.717) is 12.4 Å². The van der Waals surface area contributed by atoms with Gasteiger partial charge in [-0.25, -0.2) is 4.98 Å². The number of hydrogen-bond acceptors (Lipinski definition) is 2. The molecule has 0 saturated carbocycles. The largest absolute Gasteiger partial charge is 0.366 e. The van der Waals surface area contributed by atoms with E-state index < -0.39 is 5.95 Å². The van der Waals surface area contributed by atoms with E-state index in [9.17, 15) is 4.39 Å². The number of fused-ring (bicyclic) bond motifs is 1. The smallest absolute Gasteiger partial charge is 0.214 e. The van der Waals surface area contributed by atoms with Crippen molar-refractivity contribution in [3.63, 3.8) is 0 Å². The molecule has 0 spiro atoms. The van der Waals surface area contributed by atoms with Crippen molar-refractivity contribution < 1.29 is 4.39 Å². The van der Waals surface area contributed by atoms with Crippen LogP contribution in [0, 0.1) is 5.95 Å². The highest BCUT2D eigenvalue weighted by Gasteiger charge is 2.02. The number of nitrogens with one attached hydrogen (secondary N) is 2. The molecule has 90 valence electrons. The van der Waals surface area contributed by atoms with Crippen LogP contribution < -0.4 is 5.32 Å². The summed E-state index contributed by atoms with van der Waals surface area (Å²) in [5, 5.41) is 4.29. The summed E-state index contributed by atoms with van der Waals surface area (Å²) in [6, 6.07) is 12.8. The van der Waals surface area contributed by atoms with Crippen molar-refractivity contribution in [2.24, 2.45) is 0 Å². The second kappa shape index (κ2) is 4.49. The topological polar surface area (TPSA) is 40.7 Å². The average Bonchev–Trinajstić information content (AvgIpc) is 2.85. The van der Waals surface area contributed by atoms with Gasteiger partial charge in [-0.3, -0.25) is 0 Å². The summed E-state index contributed by atoms with van der Waals surface area (Å²) in [6.45, 7) is 0.617. The summed E-state index contributed by atoms with van der Waals surface area (Å²) in [6.07, 6.45) is 1.91. The lowest BCUT2D eigenvalue weighted by atomic mass is 10.1. The standard InChI is InChI=1S/C14H12FN3/c15-13-5-2-6-14(18-13)17-9-10-3-1-4-12-11(10)7-8-16-12/h1-8,16H,9H2,(H,17,18). The van der Waals surface area contributed by atoms with E-state index in [0.717, 1.165) is 11.1 Å². The zero-order chi connectivity index (χ0) is 12.4. The maximum Gasteiger partial charge on any atom is 0.214 e. The van der Waals surface area contributed by atoms with Crippen LogP contribution in [0.15, 0.2) is 48.7 Å². The van der Waals surface area contributed by atoms with Gasteiger partial charge in [-0.05, 0) is 29.8 Å². The first-order valence-corrected chi connectivity index (χ1v) is 5.74. The van der Waals surface area contributed by atoms with Crippen molar-refractivity contribution in [1.29, 1.82) is 0 Å². The van der Waals surface area contributed by atoms with Crippen LogP contribution in [0.25, 0.3) is 10.9 Å². The summed E-state index contributed by atoms with van der Waals surface area (Å²) in [5.41, 5.74) is 2.25. The van der Waals surface area contributed by atoms with Crippen LogP contribution in [0.4, 0.5) is 10.2 Å². The fraction of sp³-hybridized carbons (Fsp3) is 0.0714. The number of rotatable bonds is 3. The number of anilines is 1. The maximum atomic E-state index is 12.9. The van der Waals surface area contributed by atoms with Gasteiger partial charge in [0.2, 0.25) is 5.95 Å². The molecule has 0 aliphatic carbocycles. The second-order valence-corrected chi connectivity index (χ2v) is 4.06. The van der Waals surface area contributed by atoms with Gasteiger partial charge in [0.1, 0.15) is 5.82 Å². The summed E-state index contributed by atoms with van der Waals surface area (Å²) >= 11 is 0. The number of pyridine rings is 1. The monoisotopic (exact) mass is 241 g/mol. The first-order valence-electron chi connectivity index (χ1n) is 5.74. The molecule has 0 aliphatic rings. The van der Waals surface area contributed by atoms with Crippen molar-refractivity contribution in [2.45, 2.75) is 6.54 Å². The lowest BCUT2D eigenvalue weighted by Crippen LogP contribution is -2.02. The van der Waals surface area contributed by atoms with E-state index in [1.54, 1.807) is 12.1 Å². The van der Waals surface area contributed by atoms with Gasteiger partial charge in [0.15, 0.2) is 0 Å². The summed E-state index contributed by atoms with van der Waals surface area (Å²) in [7, 11) is 0. The molecule has 2 N–H and O–H groups in total. The van der Waals surface area contributed by atoms with E-state index in [1.807, 2.05) is 30.5 Å². The van der Waals surface area contributed by atoms with Crippen molar-refractivity contribution in [3.8, 4) is 0 Å². The molecule has 18 heavy (non-hydrogen) atoms. The van der Waals surface area contributed by atoms with Gasteiger partial charge in [-0.15, -0.1) is 0 Å². The van der Waals surface area contributed by atoms with E-state index >= 15 is 0 Å². The van der Waals surface area contributed by atoms with Gasteiger partial charge in [-0.1, -0.05) is 18.2 Å². The molecule has 0 radical (unpaired) electrons.